The molecule has 0 amide bonds. The zero-order chi connectivity index (χ0) is 21.0. The van der Waals surface area contributed by atoms with Gasteiger partial charge in [0.25, 0.3) is 0 Å². The lowest BCUT2D eigenvalue weighted by atomic mass is 9.89. The molecule has 0 unspecified atom stereocenters. The van der Waals surface area contributed by atoms with E-state index < -0.39 is 0 Å². The number of unbranched alkanes of at least 4 members (excludes halogenated alkanes) is 3. The second-order valence-corrected chi connectivity index (χ2v) is 8.92. The van der Waals surface area contributed by atoms with Crippen molar-refractivity contribution in [3.05, 3.63) is 70.8 Å². The van der Waals surface area contributed by atoms with E-state index in [0.29, 0.717) is 5.92 Å². The van der Waals surface area contributed by atoms with Crippen molar-refractivity contribution in [3.8, 4) is 0 Å². The predicted octanol–water partition coefficient (Wildman–Crippen LogP) is 5.25. The fourth-order valence-corrected chi connectivity index (χ4v) is 5.19. The minimum atomic E-state index is 0.0132. The summed E-state index contributed by atoms with van der Waals surface area (Å²) < 4.78 is 1.88. The van der Waals surface area contributed by atoms with E-state index in [-0.39, 0.29) is 5.69 Å². The first kappa shape index (κ1) is 20.1. The van der Waals surface area contributed by atoms with E-state index in [1.165, 1.54) is 68.2 Å². The Balaban J connectivity index is 1.03. The highest BCUT2D eigenvalue weighted by molar-refractivity contribution is 5.83. The maximum atomic E-state index is 12.1. The second kappa shape index (κ2) is 9.15. The molecule has 2 aromatic carbocycles. The molecular weight excluding hydrogens is 384 g/mol. The fourth-order valence-electron chi connectivity index (χ4n) is 5.19. The highest BCUT2D eigenvalue weighted by Gasteiger charge is 2.22. The van der Waals surface area contributed by atoms with Gasteiger partial charge in [-0.1, -0.05) is 43.2 Å². The summed E-state index contributed by atoms with van der Waals surface area (Å²) in [5, 5.41) is 1.40. The van der Waals surface area contributed by atoms with Gasteiger partial charge >= 0.3 is 5.69 Å². The van der Waals surface area contributed by atoms with Gasteiger partial charge in [-0.25, -0.2) is 4.79 Å². The molecule has 2 N–H and O–H groups in total. The Hall–Kier alpha value is -2.79. The number of benzene rings is 2. The van der Waals surface area contributed by atoms with Gasteiger partial charge in [0.2, 0.25) is 0 Å². The van der Waals surface area contributed by atoms with Crippen LogP contribution in [0.4, 0.5) is 0 Å². The molecule has 0 aliphatic carbocycles. The summed E-state index contributed by atoms with van der Waals surface area (Å²) >= 11 is 0. The Kier molecular flexibility index (Phi) is 5.94. The lowest BCUT2D eigenvalue weighted by Gasteiger charge is -2.32. The van der Waals surface area contributed by atoms with Gasteiger partial charge < -0.3 is 14.9 Å². The highest BCUT2D eigenvalue weighted by atomic mass is 16.1. The molecule has 1 aliphatic heterocycles. The van der Waals surface area contributed by atoms with Gasteiger partial charge in [-0.2, -0.15) is 0 Å². The standard InChI is InChI=1S/C26H32N4O/c31-26-28-24-11-5-6-12-25(24)30(26)16-8-2-1-7-15-29-17-13-20(14-18-29)22-19-27-23-10-4-3-9-21(22)23/h3-6,9-12,19-20,27H,1-2,7-8,13-18H2,(H,28,31). The number of fused-ring (bicyclic) bond motifs is 2. The Morgan fingerprint density at radius 1 is 0.839 bits per heavy atom. The van der Waals surface area contributed by atoms with Gasteiger partial charge in [-0.15, -0.1) is 0 Å². The molecule has 1 saturated heterocycles. The fraction of sp³-hybridized carbons (Fsp3) is 0.423. The van der Waals surface area contributed by atoms with Crippen LogP contribution in [-0.4, -0.2) is 39.1 Å². The summed E-state index contributed by atoms with van der Waals surface area (Å²) in [4.78, 5) is 21.2. The van der Waals surface area contributed by atoms with E-state index in [9.17, 15) is 4.79 Å². The summed E-state index contributed by atoms with van der Waals surface area (Å²) in [6.07, 6.45) is 9.46. The first-order valence-electron chi connectivity index (χ1n) is 11.8. The Labute approximate surface area is 183 Å². The smallest absolute Gasteiger partial charge is 0.326 e. The minimum Gasteiger partial charge on any atom is -0.361 e. The molecule has 0 bridgehead atoms. The van der Waals surface area contributed by atoms with Crippen molar-refractivity contribution in [2.45, 2.75) is 51.0 Å². The largest absolute Gasteiger partial charge is 0.361 e. The maximum absolute atomic E-state index is 12.1. The summed E-state index contributed by atoms with van der Waals surface area (Å²) in [6.45, 7) is 4.41. The van der Waals surface area contributed by atoms with Crippen molar-refractivity contribution in [1.82, 2.24) is 19.4 Å². The van der Waals surface area contributed by atoms with E-state index in [1.54, 1.807) is 0 Å². The third-order valence-electron chi connectivity index (χ3n) is 6.94. The van der Waals surface area contributed by atoms with Gasteiger partial charge in [0.1, 0.15) is 0 Å². The normalized spacial score (nSPS) is 15.9. The molecule has 0 spiro atoms. The number of aromatic amines is 2. The summed E-state index contributed by atoms with van der Waals surface area (Å²) in [5.74, 6) is 0.682. The minimum absolute atomic E-state index is 0.0132. The van der Waals surface area contributed by atoms with Gasteiger partial charge in [-0.3, -0.25) is 4.57 Å². The maximum Gasteiger partial charge on any atom is 0.326 e. The van der Waals surface area contributed by atoms with Gasteiger partial charge in [-0.05, 0) is 75.0 Å². The number of piperidine rings is 1. The number of nitrogens with one attached hydrogen (secondary N) is 2. The van der Waals surface area contributed by atoms with Crippen LogP contribution >= 0.6 is 0 Å². The molecule has 5 rings (SSSR count). The third-order valence-corrected chi connectivity index (χ3v) is 6.94. The van der Waals surface area contributed by atoms with E-state index in [0.717, 1.165) is 24.0 Å². The number of rotatable bonds is 8. The van der Waals surface area contributed by atoms with Gasteiger partial charge in [0, 0.05) is 23.6 Å². The van der Waals surface area contributed by atoms with E-state index in [2.05, 4.69) is 45.3 Å². The Morgan fingerprint density at radius 2 is 1.55 bits per heavy atom. The number of hydrogen-bond acceptors (Lipinski definition) is 2. The molecule has 0 radical (unpaired) electrons. The molecule has 0 atom stereocenters. The molecule has 4 aromatic rings. The first-order chi connectivity index (χ1) is 15.3. The van der Waals surface area contributed by atoms with Crippen LogP contribution in [0.5, 0.6) is 0 Å². The first-order valence-corrected chi connectivity index (χ1v) is 11.8. The SMILES string of the molecule is O=c1[nH]c2ccccc2n1CCCCCCN1CCC(c2c[nH]c3ccccc23)CC1. The monoisotopic (exact) mass is 416 g/mol. The van der Waals surface area contributed by atoms with Crippen LogP contribution in [0.3, 0.4) is 0 Å². The summed E-state index contributed by atoms with van der Waals surface area (Å²) in [6, 6.07) is 16.6. The molecular formula is C26H32N4O. The zero-order valence-corrected chi connectivity index (χ0v) is 18.1. The lowest BCUT2D eigenvalue weighted by molar-refractivity contribution is 0.208. The quantitative estimate of drug-likeness (QED) is 0.385. The van der Waals surface area contributed by atoms with Crippen LogP contribution in [0.1, 0.15) is 50.0 Å². The number of aryl methyl sites for hydroxylation is 1. The van der Waals surface area contributed by atoms with Gasteiger partial charge in [0.05, 0.1) is 11.0 Å². The van der Waals surface area contributed by atoms with Crippen molar-refractivity contribution in [2.75, 3.05) is 19.6 Å². The third kappa shape index (κ3) is 4.33. The Morgan fingerprint density at radius 3 is 2.39 bits per heavy atom. The van der Waals surface area contributed by atoms with Crippen molar-refractivity contribution in [2.24, 2.45) is 0 Å². The molecule has 162 valence electrons. The van der Waals surface area contributed by atoms with Crippen molar-refractivity contribution in [3.63, 3.8) is 0 Å². The molecule has 31 heavy (non-hydrogen) atoms. The number of para-hydroxylation sites is 3. The number of imidazole rings is 1. The van der Waals surface area contributed by atoms with E-state index in [1.807, 2.05) is 28.8 Å². The number of hydrogen-bond donors (Lipinski definition) is 2. The second-order valence-electron chi connectivity index (χ2n) is 8.92. The van der Waals surface area contributed by atoms with Gasteiger partial charge in [0.15, 0.2) is 0 Å². The number of aromatic nitrogens is 3. The Bertz CT molecular complexity index is 1190. The van der Waals surface area contributed by atoms with Crippen LogP contribution in [0.15, 0.2) is 59.5 Å². The summed E-state index contributed by atoms with van der Waals surface area (Å²) in [5.41, 5.74) is 4.73. The van der Waals surface area contributed by atoms with Crippen molar-refractivity contribution >= 4 is 21.9 Å². The zero-order valence-electron chi connectivity index (χ0n) is 18.1. The number of H-pyrrole nitrogens is 2. The summed E-state index contributed by atoms with van der Waals surface area (Å²) in [7, 11) is 0. The van der Waals surface area contributed by atoms with E-state index in [4.69, 9.17) is 0 Å². The number of likely N-dealkylation sites (tertiary alicyclic amines) is 1. The molecule has 5 heteroatoms. The molecule has 3 heterocycles. The molecule has 0 saturated carbocycles. The van der Waals surface area contributed by atoms with Crippen LogP contribution in [0.2, 0.25) is 0 Å². The molecule has 1 aliphatic rings. The average Bonchev–Trinajstić information content (AvgIpc) is 3.37. The lowest BCUT2D eigenvalue weighted by Crippen LogP contribution is -2.33. The van der Waals surface area contributed by atoms with E-state index >= 15 is 0 Å². The molecule has 2 aromatic heterocycles. The average molecular weight is 417 g/mol. The van der Waals surface area contributed by atoms with Crippen LogP contribution < -0.4 is 5.69 Å². The van der Waals surface area contributed by atoms with Crippen molar-refractivity contribution in [1.29, 1.82) is 0 Å². The molecule has 5 nitrogen and oxygen atoms in total. The molecule has 1 fully saturated rings. The number of nitrogens with zero attached hydrogens (tertiary/aromatic N) is 2. The van der Waals surface area contributed by atoms with Crippen LogP contribution in [-0.2, 0) is 6.54 Å². The predicted molar refractivity (Wildman–Crippen MR) is 128 cm³/mol. The topological polar surface area (TPSA) is 56.8 Å². The highest BCUT2D eigenvalue weighted by Crippen LogP contribution is 2.33. The van der Waals surface area contributed by atoms with Crippen LogP contribution in [0, 0.1) is 0 Å². The van der Waals surface area contributed by atoms with Crippen molar-refractivity contribution < 1.29 is 0 Å². The van der Waals surface area contributed by atoms with Crippen LogP contribution in [0.25, 0.3) is 21.9 Å².